The van der Waals surface area contributed by atoms with E-state index < -0.39 is 0 Å². The second kappa shape index (κ2) is 10.2. The van der Waals surface area contributed by atoms with E-state index in [-0.39, 0.29) is 24.0 Å². The summed E-state index contributed by atoms with van der Waals surface area (Å²) in [5.74, 6) is 2.40. The number of nitrogens with zero attached hydrogens (tertiary/aromatic N) is 2. The molecule has 0 aliphatic heterocycles. The molecule has 6 heteroatoms. The molecule has 2 saturated carbocycles. The largest absolute Gasteiger partial charge is 0.474 e. The summed E-state index contributed by atoms with van der Waals surface area (Å²) >= 11 is 0. The fraction of sp³-hybridized carbons (Fsp3) is 0.684. The average molecular weight is 458 g/mol. The lowest BCUT2D eigenvalue weighted by Gasteiger charge is -2.22. The number of halogens is 1. The van der Waals surface area contributed by atoms with Crippen LogP contribution in [-0.4, -0.2) is 29.6 Å². The van der Waals surface area contributed by atoms with Crippen molar-refractivity contribution < 1.29 is 4.74 Å². The maximum absolute atomic E-state index is 5.98. The Balaban J connectivity index is 0.00000225. The second-order valence-corrected chi connectivity index (χ2v) is 7.04. The van der Waals surface area contributed by atoms with Gasteiger partial charge in [-0.25, -0.2) is 9.98 Å². The van der Waals surface area contributed by atoms with Gasteiger partial charge < -0.3 is 15.4 Å². The van der Waals surface area contributed by atoms with Crippen molar-refractivity contribution in [2.24, 2.45) is 10.9 Å². The number of aromatic nitrogens is 1. The van der Waals surface area contributed by atoms with Gasteiger partial charge in [-0.2, -0.15) is 0 Å². The summed E-state index contributed by atoms with van der Waals surface area (Å²) in [5.41, 5.74) is 1.10. The number of rotatable bonds is 6. The summed E-state index contributed by atoms with van der Waals surface area (Å²) < 4.78 is 5.98. The number of nitrogens with one attached hydrogen (secondary N) is 2. The maximum Gasteiger partial charge on any atom is 0.213 e. The topological polar surface area (TPSA) is 58.5 Å². The van der Waals surface area contributed by atoms with Crippen LogP contribution in [0.4, 0.5) is 0 Å². The Labute approximate surface area is 168 Å². The van der Waals surface area contributed by atoms with Crippen molar-refractivity contribution >= 4 is 29.9 Å². The van der Waals surface area contributed by atoms with E-state index in [0.717, 1.165) is 42.7 Å². The van der Waals surface area contributed by atoms with Crippen LogP contribution in [0, 0.1) is 5.92 Å². The molecule has 2 aliphatic rings. The van der Waals surface area contributed by atoms with Crippen molar-refractivity contribution in [2.75, 3.05) is 6.54 Å². The Bertz CT molecular complexity index is 543. The fourth-order valence-electron chi connectivity index (χ4n) is 3.12. The Hall–Kier alpha value is -1.05. The monoisotopic (exact) mass is 458 g/mol. The van der Waals surface area contributed by atoms with E-state index >= 15 is 0 Å². The van der Waals surface area contributed by atoms with E-state index in [4.69, 9.17) is 4.74 Å². The van der Waals surface area contributed by atoms with Gasteiger partial charge >= 0.3 is 0 Å². The summed E-state index contributed by atoms with van der Waals surface area (Å²) in [6, 6.07) is 4.62. The average Bonchev–Trinajstić information content (AvgIpc) is 3.30. The molecule has 0 bridgehead atoms. The van der Waals surface area contributed by atoms with Crippen molar-refractivity contribution in [2.45, 2.75) is 71.1 Å². The summed E-state index contributed by atoms with van der Waals surface area (Å²) in [6.45, 7) is 5.86. The van der Waals surface area contributed by atoms with Crippen LogP contribution in [0.1, 0.15) is 57.9 Å². The van der Waals surface area contributed by atoms with Gasteiger partial charge in [-0.1, -0.05) is 19.4 Å². The Morgan fingerprint density at radius 1 is 1.28 bits per heavy atom. The molecule has 0 aromatic carbocycles. The van der Waals surface area contributed by atoms with Gasteiger partial charge in [0.1, 0.15) is 6.10 Å². The minimum absolute atomic E-state index is 0. The van der Waals surface area contributed by atoms with E-state index in [1.807, 2.05) is 12.3 Å². The molecule has 0 saturated heterocycles. The van der Waals surface area contributed by atoms with Crippen LogP contribution < -0.4 is 15.4 Å². The molecule has 2 atom stereocenters. The highest BCUT2D eigenvalue weighted by Crippen LogP contribution is 2.28. The number of hydrogen-bond donors (Lipinski definition) is 2. The van der Waals surface area contributed by atoms with Crippen molar-refractivity contribution in [3.8, 4) is 5.88 Å². The number of ether oxygens (including phenoxy) is 1. The zero-order valence-electron chi connectivity index (χ0n) is 15.3. The Morgan fingerprint density at radius 2 is 2.04 bits per heavy atom. The summed E-state index contributed by atoms with van der Waals surface area (Å²) in [5, 5.41) is 6.78. The van der Waals surface area contributed by atoms with E-state index in [2.05, 4.69) is 40.5 Å². The predicted molar refractivity (Wildman–Crippen MR) is 113 cm³/mol. The highest BCUT2D eigenvalue weighted by atomic mass is 127. The number of hydrogen-bond acceptors (Lipinski definition) is 3. The molecule has 5 nitrogen and oxygen atoms in total. The van der Waals surface area contributed by atoms with Crippen LogP contribution in [0.25, 0.3) is 0 Å². The molecule has 2 unspecified atom stereocenters. The third-order valence-corrected chi connectivity index (χ3v) is 4.83. The van der Waals surface area contributed by atoms with E-state index in [0.29, 0.717) is 18.7 Å². The lowest BCUT2D eigenvalue weighted by atomic mass is 9.98. The molecule has 0 amide bonds. The van der Waals surface area contributed by atoms with Gasteiger partial charge in [0.15, 0.2) is 5.96 Å². The Kier molecular flexibility index (Phi) is 8.26. The van der Waals surface area contributed by atoms with E-state index in [1.54, 1.807) is 0 Å². The first kappa shape index (κ1) is 20.3. The second-order valence-electron chi connectivity index (χ2n) is 7.04. The van der Waals surface area contributed by atoms with Crippen molar-refractivity contribution in [1.29, 1.82) is 0 Å². The highest BCUT2D eigenvalue weighted by Gasteiger charge is 2.33. The minimum atomic E-state index is 0. The zero-order valence-corrected chi connectivity index (χ0v) is 17.7. The van der Waals surface area contributed by atoms with Gasteiger partial charge in [0.2, 0.25) is 5.88 Å². The van der Waals surface area contributed by atoms with Gasteiger partial charge in [0.25, 0.3) is 0 Å². The molecule has 2 fully saturated rings. The van der Waals surface area contributed by atoms with Crippen LogP contribution in [0.2, 0.25) is 0 Å². The maximum atomic E-state index is 5.98. The van der Waals surface area contributed by atoms with Crippen LogP contribution in [0.3, 0.4) is 0 Å². The molecule has 25 heavy (non-hydrogen) atoms. The van der Waals surface area contributed by atoms with E-state index in [1.165, 1.54) is 25.7 Å². The van der Waals surface area contributed by atoms with E-state index in [9.17, 15) is 0 Å². The minimum Gasteiger partial charge on any atom is -0.474 e. The first-order valence-electron chi connectivity index (χ1n) is 9.41. The van der Waals surface area contributed by atoms with Crippen LogP contribution in [-0.2, 0) is 6.54 Å². The third kappa shape index (κ3) is 6.64. The summed E-state index contributed by atoms with van der Waals surface area (Å²) in [6.07, 6.45) is 9.67. The van der Waals surface area contributed by atoms with Gasteiger partial charge in [-0.15, -0.1) is 24.0 Å². The molecule has 2 N–H and O–H groups in total. The van der Waals surface area contributed by atoms with Crippen molar-refractivity contribution in [3.05, 3.63) is 23.9 Å². The van der Waals surface area contributed by atoms with Gasteiger partial charge in [-0.05, 0) is 50.5 Å². The zero-order chi connectivity index (χ0) is 16.8. The van der Waals surface area contributed by atoms with Gasteiger partial charge in [0.05, 0.1) is 6.54 Å². The number of aliphatic imine (C=N–C) groups is 1. The molecule has 140 valence electrons. The number of guanidine groups is 1. The quantitative estimate of drug-likeness (QED) is 0.386. The number of pyridine rings is 1. The standard InChI is InChI=1S/C19H30N4O.HI/c1-3-20-19(23-17-11-14(17)2)22-13-15-9-10-18(21-12-15)24-16-7-5-4-6-8-16;/h9-10,12,14,16-17H,3-8,11,13H2,1-2H3,(H2,20,22,23);1H. The first-order valence-corrected chi connectivity index (χ1v) is 9.41. The molecule has 0 radical (unpaired) electrons. The molecule has 1 aromatic rings. The molecular weight excluding hydrogens is 427 g/mol. The fourth-order valence-corrected chi connectivity index (χ4v) is 3.12. The van der Waals surface area contributed by atoms with Gasteiger partial charge in [-0.3, -0.25) is 0 Å². The molecule has 2 aliphatic carbocycles. The molecule has 0 spiro atoms. The predicted octanol–water partition coefficient (Wildman–Crippen LogP) is 3.87. The third-order valence-electron chi connectivity index (χ3n) is 4.83. The lowest BCUT2D eigenvalue weighted by Crippen LogP contribution is -2.39. The molecule has 3 rings (SSSR count). The van der Waals surface area contributed by atoms with Crippen LogP contribution in [0.5, 0.6) is 5.88 Å². The summed E-state index contributed by atoms with van der Waals surface area (Å²) in [7, 11) is 0. The lowest BCUT2D eigenvalue weighted by molar-refractivity contribution is 0.148. The molecule has 1 aromatic heterocycles. The van der Waals surface area contributed by atoms with Crippen molar-refractivity contribution in [3.63, 3.8) is 0 Å². The Morgan fingerprint density at radius 3 is 2.64 bits per heavy atom. The normalized spacial score (nSPS) is 23.5. The summed E-state index contributed by atoms with van der Waals surface area (Å²) in [4.78, 5) is 9.11. The SMILES string of the molecule is CCNC(=NCc1ccc(OC2CCCCC2)nc1)NC1CC1C.I. The highest BCUT2D eigenvalue weighted by molar-refractivity contribution is 14.0. The molecular formula is C19H31IN4O. The van der Waals surface area contributed by atoms with Crippen LogP contribution in [0.15, 0.2) is 23.3 Å². The first-order chi connectivity index (χ1) is 11.7. The van der Waals surface area contributed by atoms with Gasteiger partial charge in [0, 0.05) is 24.8 Å². The molecule has 1 heterocycles. The van der Waals surface area contributed by atoms with Crippen molar-refractivity contribution in [1.82, 2.24) is 15.6 Å². The van der Waals surface area contributed by atoms with Crippen LogP contribution >= 0.6 is 24.0 Å². The smallest absolute Gasteiger partial charge is 0.213 e.